The summed E-state index contributed by atoms with van der Waals surface area (Å²) in [5.41, 5.74) is 2.21. The minimum Gasteiger partial charge on any atom is -0.480 e. The van der Waals surface area contributed by atoms with E-state index in [-0.39, 0.29) is 31.5 Å². The number of benzene rings is 1. The number of rotatable bonds is 7. The van der Waals surface area contributed by atoms with Crippen molar-refractivity contribution in [3.8, 4) is 0 Å². The van der Waals surface area contributed by atoms with Crippen molar-refractivity contribution in [1.82, 2.24) is 4.90 Å². The van der Waals surface area contributed by atoms with Crippen molar-refractivity contribution in [2.45, 2.75) is 18.9 Å². The zero-order valence-corrected chi connectivity index (χ0v) is 12.7. The summed E-state index contributed by atoms with van der Waals surface area (Å²) in [6.45, 7) is 0.819. The van der Waals surface area contributed by atoms with Crippen molar-refractivity contribution in [2.75, 3.05) is 33.4 Å². The normalized spacial score (nSPS) is 16.9. The van der Waals surface area contributed by atoms with E-state index in [1.54, 1.807) is 0 Å². The molecule has 0 spiro atoms. The van der Waals surface area contributed by atoms with Crippen LogP contribution >= 0.6 is 0 Å². The summed E-state index contributed by atoms with van der Waals surface area (Å²) >= 11 is 0. The highest BCUT2D eigenvalue weighted by molar-refractivity contribution is 5.81. The van der Waals surface area contributed by atoms with E-state index in [0.717, 1.165) is 12.0 Å². The molecule has 0 saturated heterocycles. The van der Waals surface area contributed by atoms with Crippen LogP contribution in [0.2, 0.25) is 0 Å². The lowest BCUT2D eigenvalue weighted by molar-refractivity contribution is -0.146. The summed E-state index contributed by atoms with van der Waals surface area (Å²) in [6, 6.07) is 7.89. The summed E-state index contributed by atoms with van der Waals surface area (Å²) in [4.78, 5) is 24.6. The van der Waals surface area contributed by atoms with Crippen molar-refractivity contribution in [3.63, 3.8) is 0 Å². The summed E-state index contributed by atoms with van der Waals surface area (Å²) in [5, 5.41) is 8.93. The zero-order chi connectivity index (χ0) is 15.9. The van der Waals surface area contributed by atoms with Crippen LogP contribution in [0.5, 0.6) is 0 Å². The van der Waals surface area contributed by atoms with Gasteiger partial charge in [-0.2, -0.15) is 0 Å². The highest BCUT2D eigenvalue weighted by Gasteiger charge is 2.26. The minimum atomic E-state index is -1.03. The molecule has 1 atom stereocenters. The highest BCUT2D eigenvalue weighted by Crippen LogP contribution is 2.29. The van der Waals surface area contributed by atoms with Crippen molar-refractivity contribution < 1.29 is 24.2 Å². The third kappa shape index (κ3) is 4.29. The molecule has 22 heavy (non-hydrogen) atoms. The second-order valence-electron chi connectivity index (χ2n) is 5.21. The molecule has 1 aromatic rings. The first-order valence-electron chi connectivity index (χ1n) is 7.29. The molecule has 1 aliphatic heterocycles. The first-order chi connectivity index (χ1) is 10.6. The molecule has 6 nitrogen and oxygen atoms in total. The Labute approximate surface area is 129 Å². The van der Waals surface area contributed by atoms with Crippen LogP contribution in [0.1, 0.15) is 23.7 Å². The second-order valence-corrected chi connectivity index (χ2v) is 5.21. The monoisotopic (exact) mass is 307 g/mol. The predicted molar refractivity (Wildman–Crippen MR) is 79.5 cm³/mol. The third-order valence-electron chi connectivity index (χ3n) is 3.70. The highest BCUT2D eigenvalue weighted by atomic mass is 16.5. The Morgan fingerprint density at radius 3 is 2.91 bits per heavy atom. The number of carboxylic acid groups (broad SMARTS) is 1. The average molecular weight is 307 g/mol. The number of fused-ring (bicyclic) bond motifs is 1. The number of hydrogen-bond donors (Lipinski definition) is 1. The second kappa shape index (κ2) is 7.91. The van der Waals surface area contributed by atoms with Crippen molar-refractivity contribution in [3.05, 3.63) is 35.4 Å². The molecule has 6 heteroatoms. The number of amides is 1. The molecule has 0 bridgehead atoms. The molecule has 0 aromatic heterocycles. The number of ether oxygens (including phenoxy) is 2. The summed E-state index contributed by atoms with van der Waals surface area (Å²) in [5.74, 6) is -1.27. The molecule has 1 N–H and O–H groups in total. The number of carboxylic acids is 1. The van der Waals surface area contributed by atoms with Gasteiger partial charge in [-0.1, -0.05) is 24.3 Å². The number of carbonyl (C=O) groups is 2. The molecule has 0 unspecified atom stereocenters. The van der Waals surface area contributed by atoms with E-state index >= 15 is 0 Å². The molecule has 0 saturated carbocycles. The number of aliphatic carboxylic acids is 1. The van der Waals surface area contributed by atoms with Gasteiger partial charge in [0.15, 0.2) is 0 Å². The first kappa shape index (κ1) is 16.5. The third-order valence-corrected chi connectivity index (χ3v) is 3.70. The molecule has 0 aliphatic carbocycles. The largest absolute Gasteiger partial charge is 0.480 e. The maximum atomic E-state index is 12.4. The maximum Gasteiger partial charge on any atom is 0.323 e. The lowest BCUT2D eigenvalue weighted by Crippen LogP contribution is -2.39. The fourth-order valence-electron chi connectivity index (χ4n) is 2.59. The lowest BCUT2D eigenvalue weighted by atomic mass is 9.95. The van der Waals surface area contributed by atoms with E-state index in [2.05, 4.69) is 0 Å². The van der Waals surface area contributed by atoms with Crippen LogP contribution < -0.4 is 0 Å². The molecule has 0 fully saturated rings. The molecule has 120 valence electrons. The topological polar surface area (TPSA) is 76.1 Å². The van der Waals surface area contributed by atoms with E-state index in [1.165, 1.54) is 17.6 Å². The van der Waals surface area contributed by atoms with E-state index < -0.39 is 5.97 Å². The Morgan fingerprint density at radius 2 is 2.18 bits per heavy atom. The van der Waals surface area contributed by atoms with Crippen LogP contribution in [0.15, 0.2) is 24.3 Å². The average Bonchev–Trinajstić information content (AvgIpc) is 2.51. The Morgan fingerprint density at radius 1 is 1.41 bits per heavy atom. The van der Waals surface area contributed by atoms with Crippen LogP contribution in [0.25, 0.3) is 0 Å². The minimum absolute atomic E-state index is 0.147. The number of hydrogen-bond acceptors (Lipinski definition) is 4. The van der Waals surface area contributed by atoms with Gasteiger partial charge in [-0.25, -0.2) is 0 Å². The van der Waals surface area contributed by atoms with Crippen LogP contribution in [-0.4, -0.2) is 55.3 Å². The molecule has 1 amide bonds. The molecule has 1 aromatic carbocycles. The standard InChI is InChI=1S/C16H21NO5/c1-21-9-7-17(11-16(19)20)15(18)10-14-13-5-3-2-4-12(13)6-8-22-14/h2-5,14H,6-11H2,1H3,(H,19,20)/t14-/m1/s1. The van der Waals surface area contributed by atoms with Crippen LogP contribution in [0.4, 0.5) is 0 Å². The Kier molecular flexibility index (Phi) is 5.91. The quantitative estimate of drug-likeness (QED) is 0.820. The fraction of sp³-hybridized carbons (Fsp3) is 0.500. The van der Waals surface area contributed by atoms with Crippen molar-refractivity contribution >= 4 is 11.9 Å². The van der Waals surface area contributed by atoms with Crippen LogP contribution in [0, 0.1) is 0 Å². The van der Waals surface area contributed by atoms with E-state index in [9.17, 15) is 9.59 Å². The van der Waals surface area contributed by atoms with Gasteiger partial charge in [0.05, 0.1) is 25.7 Å². The zero-order valence-electron chi connectivity index (χ0n) is 12.7. The van der Waals surface area contributed by atoms with Crippen molar-refractivity contribution in [1.29, 1.82) is 0 Å². The van der Waals surface area contributed by atoms with Gasteiger partial charge in [-0.3, -0.25) is 9.59 Å². The SMILES string of the molecule is COCCN(CC(=O)O)C(=O)C[C@H]1OCCc2ccccc21. The van der Waals surface area contributed by atoms with Crippen LogP contribution in [-0.2, 0) is 25.5 Å². The van der Waals surface area contributed by atoms with Crippen molar-refractivity contribution in [2.24, 2.45) is 0 Å². The van der Waals surface area contributed by atoms with E-state index in [0.29, 0.717) is 13.2 Å². The smallest absolute Gasteiger partial charge is 0.323 e. The van der Waals surface area contributed by atoms with E-state index in [1.807, 2.05) is 24.3 Å². The van der Waals surface area contributed by atoms with Gasteiger partial charge < -0.3 is 19.5 Å². The Balaban J connectivity index is 2.05. The molecular formula is C16H21NO5. The van der Waals surface area contributed by atoms with Crippen LogP contribution in [0.3, 0.4) is 0 Å². The fourth-order valence-corrected chi connectivity index (χ4v) is 2.59. The van der Waals surface area contributed by atoms with Gasteiger partial charge in [0.1, 0.15) is 6.54 Å². The molecular weight excluding hydrogens is 286 g/mol. The summed E-state index contributed by atoms with van der Waals surface area (Å²) in [7, 11) is 1.52. The lowest BCUT2D eigenvalue weighted by Gasteiger charge is -2.28. The first-order valence-corrected chi connectivity index (χ1v) is 7.29. The molecule has 1 aliphatic rings. The van der Waals surface area contributed by atoms with Gasteiger partial charge in [0.25, 0.3) is 0 Å². The van der Waals surface area contributed by atoms with Gasteiger partial charge in [-0.15, -0.1) is 0 Å². The maximum absolute atomic E-state index is 12.4. The summed E-state index contributed by atoms with van der Waals surface area (Å²) < 4.78 is 10.6. The predicted octanol–water partition coefficient (Wildman–Crippen LogP) is 1.25. The number of methoxy groups -OCH3 is 1. The van der Waals surface area contributed by atoms with Gasteiger partial charge in [0.2, 0.25) is 5.91 Å². The van der Waals surface area contributed by atoms with E-state index in [4.69, 9.17) is 14.6 Å². The molecule has 0 radical (unpaired) electrons. The summed E-state index contributed by atoms with van der Waals surface area (Å²) in [6.07, 6.45) is 0.675. The Hall–Kier alpha value is -1.92. The molecule has 2 rings (SSSR count). The van der Waals surface area contributed by atoms with Gasteiger partial charge in [0, 0.05) is 13.7 Å². The molecule has 1 heterocycles. The Bertz CT molecular complexity index is 531. The van der Waals surface area contributed by atoms with Gasteiger partial charge in [-0.05, 0) is 17.5 Å². The number of nitrogens with zero attached hydrogens (tertiary/aromatic N) is 1. The van der Waals surface area contributed by atoms with Gasteiger partial charge >= 0.3 is 5.97 Å². The number of carbonyl (C=O) groups excluding carboxylic acids is 1.